The summed E-state index contributed by atoms with van der Waals surface area (Å²) >= 11 is 0. The van der Waals surface area contributed by atoms with E-state index in [9.17, 15) is 0 Å². The molecule has 1 nitrogen and oxygen atoms in total. The zero-order valence-corrected chi connectivity index (χ0v) is 9.26. The molecule has 1 heterocycles. The highest BCUT2D eigenvalue weighted by atomic mass is 15.1. The van der Waals surface area contributed by atoms with Crippen LogP contribution in [-0.4, -0.2) is 6.54 Å². The summed E-state index contributed by atoms with van der Waals surface area (Å²) in [5.74, 6) is 0. The lowest BCUT2D eigenvalue weighted by Crippen LogP contribution is -2.31. The van der Waals surface area contributed by atoms with E-state index >= 15 is 0 Å². The number of fused-ring (bicyclic) bond motifs is 1. The second-order valence-electron chi connectivity index (χ2n) is 4.28. The van der Waals surface area contributed by atoms with Crippen molar-refractivity contribution in [2.75, 3.05) is 6.54 Å². The van der Waals surface area contributed by atoms with Crippen LogP contribution in [0.5, 0.6) is 0 Å². The molecule has 1 heteroatoms. The van der Waals surface area contributed by atoms with E-state index in [4.69, 9.17) is 0 Å². The fourth-order valence-corrected chi connectivity index (χ4v) is 2.35. The fourth-order valence-electron chi connectivity index (χ4n) is 2.35. The van der Waals surface area contributed by atoms with Gasteiger partial charge in [0, 0.05) is 24.1 Å². The van der Waals surface area contributed by atoms with Crippen molar-refractivity contribution in [1.82, 2.24) is 4.90 Å². The van der Waals surface area contributed by atoms with Crippen LogP contribution in [0.1, 0.15) is 11.1 Å². The molecular weight excluding hydrogens is 194 g/mol. The molecule has 0 atom stereocenters. The Morgan fingerprint density at radius 2 is 1.44 bits per heavy atom. The Morgan fingerprint density at radius 3 is 2.25 bits per heavy atom. The normalized spacial score (nSPS) is 15.8. The van der Waals surface area contributed by atoms with Gasteiger partial charge in [-0.15, -0.1) is 4.90 Å². The Bertz CT molecular complexity index is 476. The average Bonchev–Trinajstić information content (AvgIpc) is 2.39. The molecule has 0 saturated carbocycles. The van der Waals surface area contributed by atoms with Gasteiger partial charge < -0.3 is 0 Å². The molecule has 1 aliphatic heterocycles. The number of hydrogen-bond donors (Lipinski definition) is 0. The first-order valence-corrected chi connectivity index (χ1v) is 5.80. The van der Waals surface area contributed by atoms with Crippen LogP contribution < -0.4 is 4.90 Å². The lowest BCUT2D eigenvalue weighted by atomic mass is 9.99. The summed E-state index contributed by atoms with van der Waals surface area (Å²) in [7, 11) is 0. The minimum absolute atomic E-state index is 1.04. The maximum absolute atomic E-state index is 2.45. The first-order chi connectivity index (χ1) is 7.93. The quantitative estimate of drug-likeness (QED) is 0.636. The minimum atomic E-state index is 1.04. The monoisotopic (exact) mass is 209 g/mol. The maximum Gasteiger partial charge on any atom is 0.181 e. The van der Waals surface area contributed by atoms with Gasteiger partial charge >= 0.3 is 0 Å². The average molecular weight is 209 g/mol. The molecule has 79 valence electrons. The van der Waals surface area contributed by atoms with Gasteiger partial charge in [-0.25, -0.2) is 0 Å². The molecule has 2 aromatic carbocycles. The summed E-state index contributed by atoms with van der Waals surface area (Å²) in [5, 5.41) is 0. The highest BCUT2D eigenvalue weighted by molar-refractivity contribution is 5.41. The standard InChI is InChI=1S/C15H15N/c1-2-8-15(9-3-1)16-11-10-13-6-4-5-7-14(13)12-16/h1-9H,10-12H2/q+1. The van der Waals surface area contributed by atoms with E-state index in [1.165, 1.54) is 16.8 Å². The minimum Gasteiger partial charge on any atom is -0.129 e. The number of anilines is 1. The molecule has 0 amide bonds. The van der Waals surface area contributed by atoms with E-state index in [0.717, 1.165) is 19.5 Å². The third kappa shape index (κ3) is 1.74. The van der Waals surface area contributed by atoms with Crippen molar-refractivity contribution in [3.05, 3.63) is 65.7 Å². The van der Waals surface area contributed by atoms with Crippen LogP contribution in [0, 0.1) is 0 Å². The topological polar surface area (TPSA) is 5.90 Å². The number of nitrogens with zero attached hydrogens (tertiary/aromatic N) is 1. The van der Waals surface area contributed by atoms with Gasteiger partial charge in [0.25, 0.3) is 0 Å². The highest BCUT2D eigenvalue weighted by Gasteiger charge is 2.25. The van der Waals surface area contributed by atoms with E-state index in [2.05, 4.69) is 59.5 Å². The molecule has 1 aliphatic rings. The van der Waals surface area contributed by atoms with Crippen molar-refractivity contribution in [3.8, 4) is 0 Å². The summed E-state index contributed by atoms with van der Waals surface area (Å²) in [6.45, 7) is 2.17. The molecule has 0 spiro atoms. The molecular formula is C15H15N+. The smallest absolute Gasteiger partial charge is 0.129 e. The van der Waals surface area contributed by atoms with Crippen LogP contribution >= 0.6 is 0 Å². The molecule has 0 fully saturated rings. The largest absolute Gasteiger partial charge is 0.181 e. The molecule has 0 aromatic heterocycles. The Hall–Kier alpha value is -1.60. The van der Waals surface area contributed by atoms with Gasteiger partial charge in [0.1, 0.15) is 6.54 Å². The lowest BCUT2D eigenvalue weighted by Gasteiger charge is -2.19. The Kier molecular flexibility index (Phi) is 2.47. The van der Waals surface area contributed by atoms with Crippen molar-refractivity contribution in [2.24, 2.45) is 0 Å². The summed E-state index contributed by atoms with van der Waals surface area (Å²) in [4.78, 5) is 2.45. The highest BCUT2D eigenvalue weighted by Crippen LogP contribution is 2.23. The first kappa shape index (κ1) is 9.61. The molecule has 2 aromatic rings. The van der Waals surface area contributed by atoms with E-state index in [1.54, 1.807) is 0 Å². The Morgan fingerprint density at radius 1 is 0.750 bits per heavy atom. The molecule has 0 unspecified atom stereocenters. The zero-order valence-electron chi connectivity index (χ0n) is 9.26. The predicted molar refractivity (Wildman–Crippen MR) is 67.0 cm³/mol. The Balaban J connectivity index is 1.89. The number of para-hydroxylation sites is 1. The van der Waals surface area contributed by atoms with Crippen molar-refractivity contribution >= 4 is 5.69 Å². The molecule has 0 bridgehead atoms. The summed E-state index contributed by atoms with van der Waals surface area (Å²) < 4.78 is 0. The van der Waals surface area contributed by atoms with Gasteiger partial charge in [0.15, 0.2) is 12.2 Å². The molecule has 0 aliphatic carbocycles. The van der Waals surface area contributed by atoms with Crippen LogP contribution in [0.25, 0.3) is 0 Å². The molecule has 0 N–H and O–H groups in total. The van der Waals surface area contributed by atoms with Crippen LogP contribution in [0.3, 0.4) is 0 Å². The molecule has 3 rings (SSSR count). The van der Waals surface area contributed by atoms with E-state index in [0.29, 0.717) is 0 Å². The number of benzene rings is 2. The Labute approximate surface area is 96.3 Å². The zero-order chi connectivity index (χ0) is 10.8. The second kappa shape index (κ2) is 4.11. The van der Waals surface area contributed by atoms with E-state index in [-0.39, 0.29) is 0 Å². The van der Waals surface area contributed by atoms with Gasteiger partial charge in [-0.05, 0) is 5.56 Å². The summed E-state index contributed by atoms with van der Waals surface area (Å²) in [5.41, 5.74) is 4.31. The van der Waals surface area contributed by atoms with Gasteiger partial charge in [-0.2, -0.15) is 0 Å². The van der Waals surface area contributed by atoms with Crippen molar-refractivity contribution < 1.29 is 0 Å². The molecule has 1 radical (unpaired) electrons. The fraction of sp³-hybridized carbons (Fsp3) is 0.200. The number of rotatable bonds is 1. The van der Waals surface area contributed by atoms with Crippen LogP contribution in [0.15, 0.2) is 54.6 Å². The number of hydrogen-bond acceptors (Lipinski definition) is 1. The van der Waals surface area contributed by atoms with Gasteiger partial charge in [-0.1, -0.05) is 42.5 Å². The lowest BCUT2D eigenvalue weighted by molar-refractivity contribution is 0.499. The van der Waals surface area contributed by atoms with Crippen LogP contribution in [0.2, 0.25) is 0 Å². The van der Waals surface area contributed by atoms with Gasteiger partial charge in [0.2, 0.25) is 0 Å². The second-order valence-corrected chi connectivity index (χ2v) is 4.28. The third-order valence-electron chi connectivity index (χ3n) is 3.25. The van der Waals surface area contributed by atoms with Gasteiger partial charge in [0.05, 0.1) is 0 Å². The van der Waals surface area contributed by atoms with Crippen molar-refractivity contribution in [3.63, 3.8) is 0 Å². The summed E-state index contributed by atoms with van der Waals surface area (Å²) in [6.07, 6.45) is 1.16. The molecule has 0 saturated heterocycles. The first-order valence-electron chi connectivity index (χ1n) is 5.80. The SMILES string of the molecule is c1ccc([N+]2CCc3ccccc3C2)cc1. The van der Waals surface area contributed by atoms with E-state index in [1.807, 2.05) is 0 Å². The van der Waals surface area contributed by atoms with E-state index < -0.39 is 0 Å². The van der Waals surface area contributed by atoms with Crippen LogP contribution in [0.4, 0.5) is 5.69 Å². The predicted octanol–water partition coefficient (Wildman–Crippen LogP) is 3.21. The third-order valence-corrected chi connectivity index (χ3v) is 3.25. The molecule has 16 heavy (non-hydrogen) atoms. The van der Waals surface area contributed by atoms with Crippen molar-refractivity contribution in [1.29, 1.82) is 0 Å². The van der Waals surface area contributed by atoms with Crippen molar-refractivity contribution in [2.45, 2.75) is 13.0 Å². The maximum atomic E-state index is 2.45. The van der Waals surface area contributed by atoms with Crippen LogP contribution in [-0.2, 0) is 13.0 Å². The summed E-state index contributed by atoms with van der Waals surface area (Å²) in [6, 6.07) is 19.4. The van der Waals surface area contributed by atoms with Gasteiger partial charge in [-0.3, -0.25) is 0 Å².